The highest BCUT2D eigenvalue weighted by Crippen LogP contribution is 2.21. The number of benzene rings is 2. The van der Waals surface area contributed by atoms with Crippen molar-refractivity contribution in [3.05, 3.63) is 65.5 Å². The first-order valence-electron chi connectivity index (χ1n) is 8.16. The van der Waals surface area contributed by atoms with Crippen molar-refractivity contribution in [1.29, 1.82) is 0 Å². The molecule has 0 bridgehead atoms. The summed E-state index contributed by atoms with van der Waals surface area (Å²) in [7, 11) is 0. The molecular formula is C19H17FN2O4. The van der Waals surface area contributed by atoms with Gasteiger partial charge in [-0.05, 0) is 37.1 Å². The Morgan fingerprint density at radius 2 is 1.65 bits per heavy atom. The van der Waals surface area contributed by atoms with Gasteiger partial charge < -0.3 is 15.4 Å². The Balaban J connectivity index is 1.59. The van der Waals surface area contributed by atoms with Gasteiger partial charge in [0.05, 0.1) is 16.8 Å². The van der Waals surface area contributed by atoms with E-state index in [1.807, 2.05) is 0 Å². The van der Waals surface area contributed by atoms with Gasteiger partial charge in [-0.15, -0.1) is 0 Å². The summed E-state index contributed by atoms with van der Waals surface area (Å²) in [6.07, 6.45) is 1.90. The summed E-state index contributed by atoms with van der Waals surface area (Å²) in [5.74, 6) is -2.55. The van der Waals surface area contributed by atoms with Crippen molar-refractivity contribution in [2.24, 2.45) is 0 Å². The van der Waals surface area contributed by atoms with Crippen LogP contribution in [0.2, 0.25) is 0 Å². The van der Waals surface area contributed by atoms with Crippen molar-refractivity contribution >= 4 is 23.5 Å². The van der Waals surface area contributed by atoms with Crippen LogP contribution in [0.5, 0.6) is 0 Å². The van der Waals surface area contributed by atoms with Gasteiger partial charge in [-0.25, -0.2) is 9.18 Å². The van der Waals surface area contributed by atoms with Crippen LogP contribution in [-0.4, -0.2) is 30.4 Å². The maximum Gasteiger partial charge on any atom is 0.341 e. The largest absolute Gasteiger partial charge is 0.452 e. The molecule has 0 spiro atoms. The van der Waals surface area contributed by atoms with E-state index in [9.17, 15) is 18.8 Å². The van der Waals surface area contributed by atoms with Crippen LogP contribution < -0.4 is 10.6 Å². The number of para-hydroxylation sites is 1. The number of halogens is 1. The topological polar surface area (TPSA) is 84.5 Å². The minimum atomic E-state index is -0.932. The summed E-state index contributed by atoms with van der Waals surface area (Å²) in [4.78, 5) is 36.0. The quantitative estimate of drug-likeness (QED) is 0.779. The molecule has 2 aromatic carbocycles. The van der Waals surface area contributed by atoms with Crippen LogP contribution in [0, 0.1) is 5.82 Å². The number of esters is 1. The molecule has 2 N–H and O–H groups in total. The molecule has 0 aromatic heterocycles. The molecule has 1 saturated carbocycles. The predicted octanol–water partition coefficient (Wildman–Crippen LogP) is 2.51. The molecule has 0 saturated heterocycles. The van der Waals surface area contributed by atoms with E-state index in [4.69, 9.17) is 4.74 Å². The third kappa shape index (κ3) is 4.44. The van der Waals surface area contributed by atoms with Gasteiger partial charge in [0.25, 0.3) is 11.8 Å². The van der Waals surface area contributed by atoms with Crippen LogP contribution in [-0.2, 0) is 9.53 Å². The second-order valence-electron chi connectivity index (χ2n) is 5.90. The van der Waals surface area contributed by atoms with Gasteiger partial charge in [0, 0.05) is 6.04 Å². The van der Waals surface area contributed by atoms with E-state index in [1.165, 1.54) is 18.2 Å². The molecule has 6 nitrogen and oxygen atoms in total. The average Bonchev–Trinajstić information content (AvgIpc) is 3.44. The normalized spacial score (nSPS) is 13.0. The summed E-state index contributed by atoms with van der Waals surface area (Å²) in [5.41, 5.74) is 0.398. The lowest BCUT2D eigenvalue weighted by atomic mass is 10.1. The Kier molecular flexibility index (Phi) is 5.26. The number of hydrogen-bond acceptors (Lipinski definition) is 4. The Labute approximate surface area is 149 Å². The fraction of sp³-hybridized carbons (Fsp3) is 0.211. The molecule has 2 amide bonds. The third-order valence-electron chi connectivity index (χ3n) is 3.79. The van der Waals surface area contributed by atoms with Gasteiger partial charge in [0.15, 0.2) is 6.61 Å². The van der Waals surface area contributed by atoms with Crippen molar-refractivity contribution in [2.75, 3.05) is 11.9 Å². The molecule has 0 atom stereocenters. The number of carbonyl (C=O) groups is 3. The van der Waals surface area contributed by atoms with E-state index in [0.717, 1.165) is 18.9 Å². The number of rotatable bonds is 6. The summed E-state index contributed by atoms with van der Waals surface area (Å²) >= 11 is 0. The second kappa shape index (κ2) is 7.77. The molecule has 26 heavy (non-hydrogen) atoms. The third-order valence-corrected chi connectivity index (χ3v) is 3.79. The lowest BCUT2D eigenvalue weighted by molar-refractivity contribution is -0.119. The smallest absolute Gasteiger partial charge is 0.341 e. The van der Waals surface area contributed by atoms with Crippen LogP contribution in [0.1, 0.15) is 33.6 Å². The van der Waals surface area contributed by atoms with E-state index in [-0.39, 0.29) is 17.5 Å². The van der Waals surface area contributed by atoms with Crippen LogP contribution in [0.25, 0.3) is 0 Å². The van der Waals surface area contributed by atoms with Crippen molar-refractivity contribution in [3.8, 4) is 0 Å². The molecule has 0 unspecified atom stereocenters. The summed E-state index contributed by atoms with van der Waals surface area (Å²) in [6.45, 7) is -0.592. The number of hydrogen-bond donors (Lipinski definition) is 2. The first kappa shape index (κ1) is 17.6. The lowest BCUT2D eigenvalue weighted by Crippen LogP contribution is -2.28. The zero-order valence-corrected chi connectivity index (χ0v) is 13.8. The summed E-state index contributed by atoms with van der Waals surface area (Å²) in [6, 6.07) is 12.1. The molecule has 7 heteroatoms. The van der Waals surface area contributed by atoms with Gasteiger partial charge in [-0.2, -0.15) is 0 Å². The molecule has 3 rings (SSSR count). The van der Waals surface area contributed by atoms with Crippen molar-refractivity contribution < 1.29 is 23.5 Å². The molecule has 0 aliphatic heterocycles. The molecule has 1 aliphatic rings. The van der Waals surface area contributed by atoms with E-state index in [1.54, 1.807) is 24.3 Å². The summed E-state index contributed by atoms with van der Waals surface area (Å²) in [5, 5.41) is 5.38. The van der Waals surface area contributed by atoms with Crippen molar-refractivity contribution in [2.45, 2.75) is 18.9 Å². The minimum Gasteiger partial charge on any atom is -0.452 e. The maximum atomic E-state index is 13.5. The van der Waals surface area contributed by atoms with Gasteiger partial charge in [-0.3, -0.25) is 9.59 Å². The second-order valence-corrected chi connectivity index (χ2v) is 5.90. The molecule has 0 heterocycles. The van der Waals surface area contributed by atoms with Crippen molar-refractivity contribution in [3.63, 3.8) is 0 Å². The molecule has 0 radical (unpaired) electrons. The van der Waals surface area contributed by atoms with Crippen LogP contribution in [0.4, 0.5) is 10.1 Å². The minimum absolute atomic E-state index is 0.188. The van der Waals surface area contributed by atoms with Gasteiger partial charge in [0.1, 0.15) is 5.82 Å². The Bertz CT molecular complexity index is 849. The Hall–Kier alpha value is -3.22. The zero-order chi connectivity index (χ0) is 18.5. The fourth-order valence-electron chi connectivity index (χ4n) is 2.30. The molecule has 134 valence electrons. The predicted molar refractivity (Wildman–Crippen MR) is 92.2 cm³/mol. The monoisotopic (exact) mass is 356 g/mol. The molecule has 1 aliphatic carbocycles. The van der Waals surface area contributed by atoms with E-state index in [2.05, 4.69) is 10.6 Å². The van der Waals surface area contributed by atoms with Gasteiger partial charge in [-0.1, -0.05) is 24.3 Å². The molecular weight excluding hydrogens is 339 g/mol. The zero-order valence-electron chi connectivity index (χ0n) is 13.8. The number of anilines is 1. The van der Waals surface area contributed by atoms with Crippen LogP contribution >= 0.6 is 0 Å². The Morgan fingerprint density at radius 1 is 1.00 bits per heavy atom. The summed E-state index contributed by atoms with van der Waals surface area (Å²) < 4.78 is 18.3. The van der Waals surface area contributed by atoms with Crippen LogP contribution in [0.3, 0.4) is 0 Å². The number of ether oxygens (including phenoxy) is 1. The highest BCUT2D eigenvalue weighted by atomic mass is 19.1. The van der Waals surface area contributed by atoms with E-state index < -0.39 is 24.3 Å². The standard InChI is InChI=1S/C19H17FN2O4/c20-15-7-3-1-5-13(15)19(25)26-11-17(23)22-16-8-4-2-6-14(16)18(24)21-12-9-10-12/h1-8,12H,9-11H2,(H,21,24)(H,22,23). The van der Waals surface area contributed by atoms with E-state index in [0.29, 0.717) is 11.3 Å². The highest BCUT2D eigenvalue weighted by molar-refractivity contribution is 6.04. The maximum absolute atomic E-state index is 13.5. The van der Waals surface area contributed by atoms with Gasteiger partial charge >= 0.3 is 5.97 Å². The van der Waals surface area contributed by atoms with Crippen molar-refractivity contribution in [1.82, 2.24) is 5.32 Å². The fourth-order valence-corrected chi connectivity index (χ4v) is 2.30. The van der Waals surface area contributed by atoms with Crippen LogP contribution in [0.15, 0.2) is 48.5 Å². The molecule has 1 fully saturated rings. The highest BCUT2D eigenvalue weighted by Gasteiger charge is 2.25. The SMILES string of the molecule is O=C(COC(=O)c1ccccc1F)Nc1ccccc1C(=O)NC1CC1. The first-order chi connectivity index (χ1) is 12.5. The Morgan fingerprint density at radius 3 is 2.35 bits per heavy atom. The number of amides is 2. The van der Waals surface area contributed by atoms with E-state index >= 15 is 0 Å². The molecule has 2 aromatic rings. The number of nitrogens with one attached hydrogen (secondary N) is 2. The lowest BCUT2D eigenvalue weighted by Gasteiger charge is -2.11. The van der Waals surface area contributed by atoms with Gasteiger partial charge in [0.2, 0.25) is 0 Å². The average molecular weight is 356 g/mol. The number of carbonyl (C=O) groups excluding carboxylic acids is 3. The first-order valence-corrected chi connectivity index (χ1v) is 8.16.